The molecule has 2 N–H and O–H groups in total. The molecule has 0 rings (SSSR count). The molecule has 0 aliphatic rings. The summed E-state index contributed by atoms with van der Waals surface area (Å²) in [6.45, 7) is 2.79. The summed E-state index contributed by atoms with van der Waals surface area (Å²) >= 11 is 0. The van der Waals surface area contributed by atoms with Crippen molar-refractivity contribution in [1.82, 2.24) is 0 Å². The lowest BCUT2D eigenvalue weighted by Crippen LogP contribution is -2.38. The molecule has 0 saturated carbocycles. The average Bonchev–Trinajstić information content (AvgIpc) is 1.62. The third-order valence-corrected chi connectivity index (χ3v) is 0.575. The van der Waals surface area contributed by atoms with Crippen LogP contribution in [0.15, 0.2) is 12.7 Å². The van der Waals surface area contributed by atoms with Crippen LogP contribution in [0.25, 0.3) is 0 Å². The highest BCUT2D eigenvalue weighted by Gasteiger charge is 2.32. The van der Waals surface area contributed by atoms with Gasteiger partial charge in [-0.1, -0.05) is 12.7 Å². The van der Waals surface area contributed by atoms with Gasteiger partial charge in [-0.3, -0.25) is 5.73 Å². The Balaban J connectivity index is 3.80. The molecule has 0 spiro atoms. The lowest BCUT2D eigenvalue weighted by molar-refractivity contribution is -0.0469. The molecule has 1 atom stereocenters. The second-order valence-electron chi connectivity index (χ2n) is 1.31. The van der Waals surface area contributed by atoms with Gasteiger partial charge < -0.3 is 0 Å². The summed E-state index contributed by atoms with van der Waals surface area (Å²) in [6.07, 6.45) is -1.98. The van der Waals surface area contributed by atoms with Crippen molar-refractivity contribution in [3.8, 4) is 0 Å². The number of rotatable bonds is 2. The van der Waals surface area contributed by atoms with Crippen molar-refractivity contribution < 1.29 is 13.2 Å². The van der Waals surface area contributed by atoms with Crippen molar-refractivity contribution in [2.24, 2.45) is 5.73 Å². The van der Waals surface area contributed by atoms with Gasteiger partial charge in [0.15, 0.2) is 6.17 Å². The second kappa shape index (κ2) is 2.17. The molecule has 0 radical (unpaired) electrons. The maximum absolute atomic E-state index is 11.6. The Hall–Kier alpha value is -0.510. The van der Waals surface area contributed by atoms with Crippen LogP contribution in [0.2, 0.25) is 0 Å². The molecule has 4 heteroatoms. The summed E-state index contributed by atoms with van der Waals surface area (Å²) in [5.74, 6) is 0. The molecule has 0 aromatic heterocycles. The van der Waals surface area contributed by atoms with Gasteiger partial charge in [-0.15, -0.1) is 0 Å². The molecule has 48 valence electrons. The molecule has 0 aromatic rings. The van der Waals surface area contributed by atoms with E-state index in [0.717, 1.165) is 0 Å². The topological polar surface area (TPSA) is 26.0 Å². The summed E-state index contributed by atoms with van der Waals surface area (Å²) in [4.78, 5) is 0. The van der Waals surface area contributed by atoms with Crippen molar-refractivity contribution in [3.63, 3.8) is 0 Å². The van der Waals surface area contributed by atoms with Crippen LogP contribution in [0.5, 0.6) is 0 Å². The Morgan fingerprint density at radius 1 is 1.62 bits per heavy atom. The monoisotopic (exact) mass is 125 g/mol. The smallest absolute Gasteiger partial charge is 0.269 e. The fourth-order valence-corrected chi connectivity index (χ4v) is 0.157. The van der Waals surface area contributed by atoms with Crippen LogP contribution < -0.4 is 5.73 Å². The number of halogens is 3. The van der Waals surface area contributed by atoms with Gasteiger partial charge in [-0.25, -0.2) is 4.39 Å². The fourth-order valence-electron chi connectivity index (χ4n) is 0.157. The normalized spacial score (nSPS) is 15.5. The van der Waals surface area contributed by atoms with E-state index in [1.54, 1.807) is 0 Å². The summed E-state index contributed by atoms with van der Waals surface area (Å²) < 4.78 is 34.5. The first-order valence-corrected chi connectivity index (χ1v) is 1.92. The predicted molar refractivity (Wildman–Crippen MR) is 24.2 cm³/mol. The quantitative estimate of drug-likeness (QED) is 0.433. The van der Waals surface area contributed by atoms with E-state index in [2.05, 4.69) is 12.3 Å². The number of alkyl halides is 3. The van der Waals surface area contributed by atoms with Gasteiger partial charge in [0.25, 0.3) is 0 Å². The van der Waals surface area contributed by atoms with E-state index >= 15 is 0 Å². The van der Waals surface area contributed by atoms with E-state index in [-0.39, 0.29) is 0 Å². The van der Waals surface area contributed by atoms with Gasteiger partial charge in [-0.2, -0.15) is 8.78 Å². The molecular weight excluding hydrogens is 119 g/mol. The maximum Gasteiger partial charge on any atom is 0.334 e. The van der Waals surface area contributed by atoms with Gasteiger partial charge in [0.05, 0.1) is 0 Å². The van der Waals surface area contributed by atoms with Gasteiger partial charge in [0.1, 0.15) is 0 Å². The van der Waals surface area contributed by atoms with Crippen molar-refractivity contribution in [1.29, 1.82) is 0 Å². The molecular formula is C4H6F3N. The Morgan fingerprint density at radius 2 is 2.00 bits per heavy atom. The molecule has 0 aliphatic carbocycles. The molecule has 0 amide bonds. The van der Waals surface area contributed by atoms with E-state index in [0.29, 0.717) is 6.08 Å². The SMILES string of the molecule is C=CC(F)C(N)(F)F. The molecule has 1 unspecified atom stereocenters. The Morgan fingerprint density at radius 3 is 2.00 bits per heavy atom. The van der Waals surface area contributed by atoms with E-state index < -0.39 is 12.2 Å². The van der Waals surface area contributed by atoms with E-state index in [1.807, 2.05) is 0 Å². The van der Waals surface area contributed by atoms with Crippen LogP contribution in [-0.4, -0.2) is 12.2 Å². The summed E-state index contributed by atoms with van der Waals surface area (Å²) in [5.41, 5.74) is 4.01. The summed E-state index contributed by atoms with van der Waals surface area (Å²) in [6, 6.07) is -3.78. The van der Waals surface area contributed by atoms with E-state index in [1.165, 1.54) is 0 Å². The fraction of sp³-hybridized carbons (Fsp3) is 0.500. The Labute approximate surface area is 45.0 Å². The second-order valence-corrected chi connectivity index (χ2v) is 1.31. The van der Waals surface area contributed by atoms with E-state index in [4.69, 9.17) is 0 Å². The van der Waals surface area contributed by atoms with Crippen LogP contribution in [0.3, 0.4) is 0 Å². The van der Waals surface area contributed by atoms with E-state index in [9.17, 15) is 13.2 Å². The van der Waals surface area contributed by atoms with Gasteiger partial charge in [0.2, 0.25) is 0 Å². The Kier molecular flexibility index (Phi) is 2.03. The molecule has 1 nitrogen and oxygen atoms in total. The number of hydrogen-bond acceptors (Lipinski definition) is 1. The summed E-state index contributed by atoms with van der Waals surface area (Å²) in [5, 5.41) is 0. The highest BCUT2D eigenvalue weighted by atomic mass is 19.3. The Bertz CT molecular complexity index is 85.8. The van der Waals surface area contributed by atoms with Crippen LogP contribution >= 0.6 is 0 Å². The van der Waals surface area contributed by atoms with Crippen LogP contribution in [0, 0.1) is 0 Å². The van der Waals surface area contributed by atoms with Crippen molar-refractivity contribution >= 4 is 0 Å². The number of nitrogens with two attached hydrogens (primary N) is 1. The lowest BCUT2D eigenvalue weighted by Gasteiger charge is -2.09. The third kappa shape index (κ3) is 1.97. The molecule has 0 aliphatic heterocycles. The van der Waals surface area contributed by atoms with Gasteiger partial charge in [-0.05, 0) is 0 Å². The van der Waals surface area contributed by atoms with Gasteiger partial charge in [0, 0.05) is 0 Å². The highest BCUT2D eigenvalue weighted by Crippen LogP contribution is 2.14. The van der Waals surface area contributed by atoms with Crippen molar-refractivity contribution in [3.05, 3.63) is 12.7 Å². The minimum absolute atomic E-state index is 0.458. The minimum Gasteiger partial charge on any atom is -0.269 e. The largest absolute Gasteiger partial charge is 0.334 e. The van der Waals surface area contributed by atoms with Crippen LogP contribution in [0.1, 0.15) is 0 Å². The van der Waals surface area contributed by atoms with Gasteiger partial charge >= 0.3 is 6.05 Å². The highest BCUT2D eigenvalue weighted by molar-refractivity contribution is 4.86. The third-order valence-electron chi connectivity index (χ3n) is 0.575. The number of hydrogen-bond donors (Lipinski definition) is 1. The first kappa shape index (κ1) is 7.49. The molecule has 0 saturated heterocycles. The standard InChI is InChI=1S/C4H6F3N/c1-2-3(5)4(6,7)8/h2-3H,1,8H2. The van der Waals surface area contributed by atoms with Crippen LogP contribution in [-0.2, 0) is 0 Å². The maximum atomic E-state index is 11.6. The molecule has 8 heavy (non-hydrogen) atoms. The zero-order valence-corrected chi connectivity index (χ0v) is 4.07. The molecule has 0 bridgehead atoms. The summed E-state index contributed by atoms with van der Waals surface area (Å²) in [7, 11) is 0. The first-order chi connectivity index (χ1) is 3.48. The molecule has 0 heterocycles. The van der Waals surface area contributed by atoms with Crippen molar-refractivity contribution in [2.45, 2.75) is 12.2 Å². The van der Waals surface area contributed by atoms with Crippen molar-refractivity contribution in [2.75, 3.05) is 0 Å². The molecule has 0 fully saturated rings. The lowest BCUT2D eigenvalue weighted by atomic mass is 10.3. The zero-order chi connectivity index (χ0) is 6.78. The van der Waals surface area contributed by atoms with Crippen LogP contribution in [0.4, 0.5) is 13.2 Å². The predicted octanol–water partition coefficient (Wildman–Crippen LogP) is 1.06. The molecule has 0 aromatic carbocycles. The minimum atomic E-state index is -3.78. The zero-order valence-electron chi connectivity index (χ0n) is 4.07. The average molecular weight is 125 g/mol. The first-order valence-electron chi connectivity index (χ1n) is 1.92.